The Bertz CT molecular complexity index is 626. The lowest BCUT2D eigenvalue weighted by molar-refractivity contribution is -0.150. The number of amides is 1. The molecule has 0 saturated carbocycles. The number of hydrogen-bond donors (Lipinski definition) is 1. The molecule has 6 heteroatoms. The molecule has 0 aromatic heterocycles. The van der Waals surface area contributed by atoms with Gasteiger partial charge < -0.3 is 19.5 Å². The molecule has 1 N–H and O–H groups in total. The lowest BCUT2D eigenvalue weighted by atomic mass is 10.0. The van der Waals surface area contributed by atoms with Crippen molar-refractivity contribution in [2.45, 2.75) is 44.9 Å². The molecule has 1 amide bonds. The molecule has 3 rings (SSSR count). The van der Waals surface area contributed by atoms with Gasteiger partial charge in [0.1, 0.15) is 11.8 Å². The minimum atomic E-state index is -1.000. The van der Waals surface area contributed by atoms with Crippen LogP contribution in [0.2, 0.25) is 0 Å². The Balaban J connectivity index is 1.78. The van der Waals surface area contributed by atoms with Gasteiger partial charge in [0, 0.05) is 26.5 Å². The molecular formula is C17H21NO5. The summed E-state index contributed by atoms with van der Waals surface area (Å²) in [4.78, 5) is 25.5. The van der Waals surface area contributed by atoms with Gasteiger partial charge in [0.15, 0.2) is 6.10 Å². The van der Waals surface area contributed by atoms with Crippen molar-refractivity contribution in [3.05, 3.63) is 28.8 Å². The van der Waals surface area contributed by atoms with Gasteiger partial charge in [-0.05, 0) is 36.6 Å². The maximum absolute atomic E-state index is 12.7. The van der Waals surface area contributed by atoms with Crippen molar-refractivity contribution in [2.24, 2.45) is 0 Å². The summed E-state index contributed by atoms with van der Waals surface area (Å²) >= 11 is 0. The average Bonchev–Trinajstić information content (AvgIpc) is 3.10. The number of likely N-dealkylation sites (tertiary alicyclic amines) is 1. The van der Waals surface area contributed by atoms with Crippen LogP contribution in [0.15, 0.2) is 12.1 Å². The van der Waals surface area contributed by atoms with Gasteiger partial charge in [0.2, 0.25) is 0 Å². The van der Waals surface area contributed by atoms with E-state index < -0.39 is 18.1 Å². The third kappa shape index (κ3) is 2.79. The zero-order chi connectivity index (χ0) is 16.7. The first-order chi connectivity index (χ1) is 10.9. The second kappa shape index (κ2) is 5.85. The van der Waals surface area contributed by atoms with E-state index in [1.807, 2.05) is 26.0 Å². The van der Waals surface area contributed by atoms with Crippen LogP contribution in [-0.4, -0.2) is 53.8 Å². The molecule has 6 nitrogen and oxygen atoms in total. The van der Waals surface area contributed by atoms with Crippen molar-refractivity contribution in [1.29, 1.82) is 0 Å². The largest absolute Gasteiger partial charge is 0.480 e. The van der Waals surface area contributed by atoms with E-state index in [9.17, 15) is 14.7 Å². The van der Waals surface area contributed by atoms with Crippen molar-refractivity contribution in [3.63, 3.8) is 0 Å². The van der Waals surface area contributed by atoms with Crippen LogP contribution in [0.3, 0.4) is 0 Å². The van der Waals surface area contributed by atoms with E-state index in [0.29, 0.717) is 19.4 Å². The minimum absolute atomic E-state index is 0.242. The van der Waals surface area contributed by atoms with Crippen LogP contribution >= 0.6 is 0 Å². The van der Waals surface area contributed by atoms with Crippen molar-refractivity contribution >= 4 is 11.9 Å². The van der Waals surface area contributed by atoms with Gasteiger partial charge in [-0.1, -0.05) is 6.07 Å². The van der Waals surface area contributed by atoms with Crippen LogP contribution in [-0.2, 0) is 20.7 Å². The standard InChI is InChI=1S/C17H21NO5/c1-9-4-11-6-15(23-14(11)5-10(9)2)16(19)18-8-12(22-3)7-13(18)17(20)21/h4-5,12-13,15H,6-8H2,1-3H3,(H,20,21). The maximum atomic E-state index is 12.7. The molecule has 1 aromatic carbocycles. The van der Waals surface area contributed by atoms with E-state index in [0.717, 1.165) is 22.4 Å². The fraction of sp³-hybridized carbons (Fsp3) is 0.529. The Morgan fingerprint density at radius 2 is 2.00 bits per heavy atom. The molecule has 2 aliphatic heterocycles. The maximum Gasteiger partial charge on any atom is 0.326 e. The van der Waals surface area contributed by atoms with E-state index >= 15 is 0 Å². The van der Waals surface area contributed by atoms with Crippen molar-refractivity contribution < 1.29 is 24.2 Å². The predicted molar refractivity (Wildman–Crippen MR) is 82.6 cm³/mol. The Kier molecular flexibility index (Phi) is 4.02. The van der Waals surface area contributed by atoms with E-state index in [1.54, 1.807) is 0 Å². The van der Waals surface area contributed by atoms with Gasteiger partial charge in [-0.25, -0.2) is 4.79 Å². The van der Waals surface area contributed by atoms with Crippen LogP contribution in [0.25, 0.3) is 0 Å². The molecule has 124 valence electrons. The first-order valence-electron chi connectivity index (χ1n) is 7.73. The number of hydrogen-bond acceptors (Lipinski definition) is 4. The number of methoxy groups -OCH3 is 1. The summed E-state index contributed by atoms with van der Waals surface area (Å²) in [5, 5.41) is 9.34. The molecule has 2 heterocycles. The van der Waals surface area contributed by atoms with Crippen molar-refractivity contribution in [2.75, 3.05) is 13.7 Å². The number of aliphatic carboxylic acids is 1. The van der Waals surface area contributed by atoms with Gasteiger partial charge in [0.05, 0.1) is 6.10 Å². The van der Waals surface area contributed by atoms with Crippen LogP contribution in [0.4, 0.5) is 0 Å². The number of benzene rings is 1. The number of carboxylic acids is 1. The molecule has 0 aliphatic carbocycles. The Morgan fingerprint density at radius 1 is 1.30 bits per heavy atom. The fourth-order valence-corrected chi connectivity index (χ4v) is 3.28. The van der Waals surface area contributed by atoms with Crippen molar-refractivity contribution in [1.82, 2.24) is 4.90 Å². The third-order valence-corrected chi connectivity index (χ3v) is 4.79. The van der Waals surface area contributed by atoms with Gasteiger partial charge >= 0.3 is 5.97 Å². The molecule has 3 unspecified atom stereocenters. The zero-order valence-corrected chi connectivity index (χ0v) is 13.5. The van der Waals surface area contributed by atoms with Gasteiger partial charge in [-0.3, -0.25) is 4.79 Å². The first-order valence-corrected chi connectivity index (χ1v) is 7.73. The molecular weight excluding hydrogens is 298 g/mol. The second-order valence-corrected chi connectivity index (χ2v) is 6.29. The van der Waals surface area contributed by atoms with Crippen LogP contribution in [0.1, 0.15) is 23.1 Å². The summed E-state index contributed by atoms with van der Waals surface area (Å²) < 4.78 is 11.0. The highest BCUT2D eigenvalue weighted by Gasteiger charge is 2.44. The Hall–Kier alpha value is -2.08. The summed E-state index contributed by atoms with van der Waals surface area (Å²) in [6.45, 7) is 4.31. The molecule has 0 spiro atoms. The number of ether oxygens (including phenoxy) is 2. The number of rotatable bonds is 3. The molecule has 23 heavy (non-hydrogen) atoms. The zero-order valence-electron chi connectivity index (χ0n) is 13.5. The second-order valence-electron chi connectivity index (χ2n) is 6.29. The number of carbonyl (C=O) groups excluding carboxylic acids is 1. The Morgan fingerprint density at radius 3 is 2.65 bits per heavy atom. The molecule has 1 fully saturated rings. The highest BCUT2D eigenvalue weighted by atomic mass is 16.5. The molecule has 2 aliphatic rings. The number of nitrogens with zero attached hydrogens (tertiary/aromatic N) is 1. The number of aryl methyl sites for hydroxylation is 2. The minimum Gasteiger partial charge on any atom is -0.480 e. The van der Waals surface area contributed by atoms with Crippen LogP contribution in [0, 0.1) is 13.8 Å². The van der Waals surface area contributed by atoms with Crippen molar-refractivity contribution in [3.8, 4) is 5.75 Å². The predicted octanol–water partition coefficient (Wildman–Crippen LogP) is 1.31. The van der Waals surface area contributed by atoms with Gasteiger partial charge in [-0.2, -0.15) is 0 Å². The average molecular weight is 319 g/mol. The number of fused-ring (bicyclic) bond motifs is 1. The SMILES string of the molecule is COC1CC(C(=O)O)N(C(=O)C2Cc3cc(C)c(C)cc3O2)C1. The number of carboxylic acid groups (broad SMARTS) is 1. The Labute approximate surface area is 135 Å². The molecule has 0 bridgehead atoms. The smallest absolute Gasteiger partial charge is 0.326 e. The van der Waals surface area contributed by atoms with E-state index in [1.165, 1.54) is 12.0 Å². The quantitative estimate of drug-likeness (QED) is 0.909. The number of carbonyl (C=O) groups is 2. The van der Waals surface area contributed by atoms with Crippen LogP contribution < -0.4 is 4.74 Å². The normalized spacial score (nSPS) is 26.0. The summed E-state index contributed by atoms with van der Waals surface area (Å²) in [7, 11) is 1.53. The van der Waals surface area contributed by atoms with Gasteiger partial charge in [0.25, 0.3) is 5.91 Å². The topological polar surface area (TPSA) is 76.1 Å². The molecule has 1 aromatic rings. The highest BCUT2D eigenvalue weighted by molar-refractivity contribution is 5.88. The van der Waals surface area contributed by atoms with E-state index in [2.05, 4.69) is 0 Å². The molecule has 0 radical (unpaired) electrons. The lowest BCUT2D eigenvalue weighted by Crippen LogP contribution is -2.47. The summed E-state index contributed by atoms with van der Waals surface area (Å²) in [6, 6.07) is 3.13. The summed E-state index contributed by atoms with van der Waals surface area (Å²) in [6.07, 6.45) is -0.0948. The summed E-state index contributed by atoms with van der Waals surface area (Å²) in [5.41, 5.74) is 3.27. The van der Waals surface area contributed by atoms with Crippen LogP contribution in [0.5, 0.6) is 5.75 Å². The monoisotopic (exact) mass is 319 g/mol. The molecule has 3 atom stereocenters. The lowest BCUT2D eigenvalue weighted by Gasteiger charge is -2.24. The molecule has 1 saturated heterocycles. The van der Waals surface area contributed by atoms with E-state index in [-0.39, 0.29) is 12.0 Å². The van der Waals surface area contributed by atoms with E-state index in [4.69, 9.17) is 9.47 Å². The summed E-state index contributed by atoms with van der Waals surface area (Å²) in [5.74, 6) is -0.552. The first kappa shape index (κ1) is 15.8. The van der Waals surface area contributed by atoms with Gasteiger partial charge in [-0.15, -0.1) is 0 Å². The fourth-order valence-electron chi connectivity index (χ4n) is 3.28. The third-order valence-electron chi connectivity index (χ3n) is 4.79. The highest BCUT2D eigenvalue weighted by Crippen LogP contribution is 2.33.